The van der Waals surface area contributed by atoms with Crippen molar-refractivity contribution in [1.29, 1.82) is 0 Å². The van der Waals surface area contributed by atoms with E-state index >= 15 is 0 Å². The number of carboxylic acids is 1. The molecule has 0 fully saturated rings. The van der Waals surface area contributed by atoms with E-state index in [1.165, 1.54) is 0 Å². The molecule has 0 spiro atoms. The number of hydrogen-bond donors (Lipinski definition) is 1. The quantitative estimate of drug-likeness (QED) is 0.760. The fraction of sp³-hybridized carbons (Fsp3) is 0.214. The summed E-state index contributed by atoms with van der Waals surface area (Å²) < 4.78 is 0. The maximum Gasteiger partial charge on any atom is 0.303 e. The molecule has 2 heteroatoms. The first-order valence-corrected chi connectivity index (χ1v) is 5.10. The van der Waals surface area contributed by atoms with Crippen LogP contribution in [0.1, 0.15) is 18.9 Å². The highest BCUT2D eigenvalue weighted by atomic mass is 16.4. The number of hydrogen-bond acceptors (Lipinski definition) is 1. The SMILES string of the molecule is C#C/C=c1/ccc(CCC(=O)O)c/c1=C/C. The van der Waals surface area contributed by atoms with E-state index < -0.39 is 5.97 Å². The zero-order chi connectivity index (χ0) is 12.0. The molecule has 2 nitrogen and oxygen atoms in total. The summed E-state index contributed by atoms with van der Waals surface area (Å²) in [5, 5.41) is 10.6. The van der Waals surface area contributed by atoms with E-state index in [1.54, 1.807) is 6.08 Å². The van der Waals surface area contributed by atoms with Crippen LogP contribution in [0.3, 0.4) is 0 Å². The van der Waals surface area contributed by atoms with Gasteiger partial charge >= 0.3 is 5.97 Å². The highest BCUT2D eigenvalue weighted by molar-refractivity contribution is 5.67. The van der Waals surface area contributed by atoms with Crippen molar-refractivity contribution in [3.63, 3.8) is 0 Å². The number of aryl methyl sites for hydroxylation is 1. The second-order valence-electron chi connectivity index (χ2n) is 3.46. The number of benzene rings is 1. The predicted molar refractivity (Wildman–Crippen MR) is 65.1 cm³/mol. The molecular weight excluding hydrogens is 200 g/mol. The number of rotatable bonds is 3. The summed E-state index contributed by atoms with van der Waals surface area (Å²) in [5.74, 6) is 1.71. The van der Waals surface area contributed by atoms with Gasteiger partial charge in [0.2, 0.25) is 0 Å². The molecule has 1 N–H and O–H groups in total. The van der Waals surface area contributed by atoms with Crippen molar-refractivity contribution in [2.24, 2.45) is 0 Å². The summed E-state index contributed by atoms with van der Waals surface area (Å²) >= 11 is 0. The molecule has 16 heavy (non-hydrogen) atoms. The summed E-state index contributed by atoms with van der Waals surface area (Å²) in [7, 11) is 0. The van der Waals surface area contributed by atoms with Crippen molar-refractivity contribution >= 4 is 18.1 Å². The monoisotopic (exact) mass is 214 g/mol. The number of aliphatic carboxylic acids is 1. The lowest BCUT2D eigenvalue weighted by Gasteiger charge is -1.98. The van der Waals surface area contributed by atoms with Gasteiger partial charge in [0.15, 0.2) is 0 Å². The predicted octanol–water partition coefficient (Wildman–Crippen LogP) is 0.918. The summed E-state index contributed by atoms with van der Waals surface area (Å²) in [5.41, 5.74) is 1.02. The van der Waals surface area contributed by atoms with Crippen LogP contribution >= 0.6 is 0 Å². The van der Waals surface area contributed by atoms with Gasteiger partial charge in [-0.1, -0.05) is 30.2 Å². The van der Waals surface area contributed by atoms with Gasteiger partial charge in [-0.15, -0.1) is 6.42 Å². The molecule has 0 saturated heterocycles. The molecule has 1 rings (SSSR count). The lowest BCUT2D eigenvalue weighted by Crippen LogP contribution is -2.24. The molecule has 0 aliphatic rings. The van der Waals surface area contributed by atoms with Gasteiger partial charge in [-0.05, 0) is 35.4 Å². The summed E-state index contributed by atoms with van der Waals surface area (Å²) in [4.78, 5) is 10.5. The maximum atomic E-state index is 10.5. The summed E-state index contributed by atoms with van der Waals surface area (Å²) in [6.45, 7) is 1.93. The lowest BCUT2D eigenvalue weighted by atomic mass is 10.1. The van der Waals surface area contributed by atoms with Crippen LogP contribution in [0.5, 0.6) is 0 Å². The van der Waals surface area contributed by atoms with Crippen molar-refractivity contribution in [1.82, 2.24) is 0 Å². The molecule has 0 heterocycles. The van der Waals surface area contributed by atoms with Gasteiger partial charge in [-0.3, -0.25) is 4.79 Å². The van der Waals surface area contributed by atoms with Gasteiger partial charge in [0.05, 0.1) is 0 Å². The molecule has 0 bridgehead atoms. The second kappa shape index (κ2) is 5.77. The van der Waals surface area contributed by atoms with Gasteiger partial charge in [-0.25, -0.2) is 0 Å². The zero-order valence-corrected chi connectivity index (χ0v) is 9.23. The van der Waals surface area contributed by atoms with Crippen LogP contribution in [0, 0.1) is 12.3 Å². The molecule has 0 atom stereocenters. The molecule has 0 saturated carbocycles. The standard InChI is InChI=1S/C14H14O2/c1-3-5-13-8-6-11(7-9-14(15)16)10-12(13)4-2/h1,4-6,8,10H,7,9H2,2H3,(H,15,16)/b12-4-,13-5-. The van der Waals surface area contributed by atoms with Crippen LogP contribution in [0.25, 0.3) is 12.2 Å². The molecule has 0 unspecified atom stereocenters. The minimum atomic E-state index is -0.777. The third kappa shape index (κ3) is 3.29. The second-order valence-corrected chi connectivity index (χ2v) is 3.46. The smallest absolute Gasteiger partial charge is 0.303 e. The van der Waals surface area contributed by atoms with Crippen LogP contribution < -0.4 is 10.4 Å². The van der Waals surface area contributed by atoms with Crippen molar-refractivity contribution in [2.75, 3.05) is 0 Å². The van der Waals surface area contributed by atoms with Crippen molar-refractivity contribution in [3.05, 3.63) is 34.2 Å². The Morgan fingerprint density at radius 2 is 2.25 bits per heavy atom. The molecule has 1 aromatic rings. The van der Waals surface area contributed by atoms with Crippen LogP contribution in [0.2, 0.25) is 0 Å². The van der Waals surface area contributed by atoms with Gasteiger partial charge in [0.25, 0.3) is 0 Å². The van der Waals surface area contributed by atoms with E-state index in [0.29, 0.717) is 6.42 Å². The number of carboxylic acid groups (broad SMARTS) is 1. The van der Waals surface area contributed by atoms with Crippen molar-refractivity contribution in [2.45, 2.75) is 19.8 Å². The van der Waals surface area contributed by atoms with E-state index in [0.717, 1.165) is 16.0 Å². The minimum Gasteiger partial charge on any atom is -0.481 e. The first kappa shape index (κ1) is 12.1. The van der Waals surface area contributed by atoms with Gasteiger partial charge in [-0.2, -0.15) is 0 Å². The largest absolute Gasteiger partial charge is 0.481 e. The Balaban J connectivity index is 3.07. The molecule has 0 radical (unpaired) electrons. The number of carbonyl (C=O) groups is 1. The summed E-state index contributed by atoms with van der Waals surface area (Å²) in [6, 6.07) is 5.82. The highest BCUT2D eigenvalue weighted by Gasteiger charge is 1.98. The van der Waals surface area contributed by atoms with Gasteiger partial charge in [0.1, 0.15) is 0 Å². The Morgan fingerprint density at radius 1 is 1.50 bits per heavy atom. The number of terminal acetylenes is 1. The first-order valence-electron chi connectivity index (χ1n) is 5.10. The summed E-state index contributed by atoms with van der Waals surface area (Å²) in [6.07, 6.45) is 9.60. The molecular formula is C14H14O2. The molecule has 0 amide bonds. The fourth-order valence-corrected chi connectivity index (χ4v) is 1.50. The Labute approximate surface area is 94.9 Å². The minimum absolute atomic E-state index is 0.154. The van der Waals surface area contributed by atoms with Crippen molar-refractivity contribution < 1.29 is 9.90 Å². The third-order valence-electron chi connectivity index (χ3n) is 2.33. The fourth-order valence-electron chi connectivity index (χ4n) is 1.50. The molecule has 0 aliphatic carbocycles. The highest BCUT2D eigenvalue weighted by Crippen LogP contribution is 1.98. The van der Waals surface area contributed by atoms with Gasteiger partial charge < -0.3 is 5.11 Å². The lowest BCUT2D eigenvalue weighted by molar-refractivity contribution is -0.136. The molecule has 0 aromatic heterocycles. The average Bonchev–Trinajstić information content (AvgIpc) is 2.28. The Kier molecular flexibility index (Phi) is 4.35. The van der Waals surface area contributed by atoms with E-state index in [9.17, 15) is 4.79 Å². The first-order chi connectivity index (χ1) is 7.67. The van der Waals surface area contributed by atoms with Crippen LogP contribution in [0.4, 0.5) is 0 Å². The Bertz CT molecular complexity index is 533. The zero-order valence-electron chi connectivity index (χ0n) is 9.23. The van der Waals surface area contributed by atoms with E-state index in [-0.39, 0.29) is 6.42 Å². The molecule has 1 aromatic carbocycles. The van der Waals surface area contributed by atoms with E-state index in [4.69, 9.17) is 11.5 Å². The third-order valence-corrected chi connectivity index (χ3v) is 2.33. The van der Waals surface area contributed by atoms with Gasteiger partial charge in [0, 0.05) is 6.42 Å². The van der Waals surface area contributed by atoms with Crippen LogP contribution in [0.15, 0.2) is 18.2 Å². The van der Waals surface area contributed by atoms with Crippen LogP contribution in [-0.4, -0.2) is 11.1 Å². The normalized spacial score (nSPS) is 12.5. The van der Waals surface area contributed by atoms with E-state index in [2.05, 4.69) is 5.92 Å². The topological polar surface area (TPSA) is 37.3 Å². The molecule has 0 aliphatic heterocycles. The van der Waals surface area contributed by atoms with Crippen LogP contribution in [-0.2, 0) is 11.2 Å². The van der Waals surface area contributed by atoms with Crippen molar-refractivity contribution in [3.8, 4) is 12.3 Å². The maximum absolute atomic E-state index is 10.5. The Morgan fingerprint density at radius 3 is 2.81 bits per heavy atom. The molecule has 82 valence electrons. The average molecular weight is 214 g/mol. The Hall–Kier alpha value is -2.01. The van der Waals surface area contributed by atoms with E-state index in [1.807, 2.05) is 31.2 Å².